The molecule has 1 heteroatoms. The lowest BCUT2D eigenvalue weighted by atomic mass is 9.85. The minimum Gasteiger partial charge on any atom is -0.300 e. The first-order valence-corrected chi connectivity index (χ1v) is 4.41. The van der Waals surface area contributed by atoms with Gasteiger partial charge in [0.05, 0.1) is 0 Å². The molecular weight excluding hydrogens is 122 g/mol. The maximum absolute atomic E-state index is 2.59. The van der Waals surface area contributed by atoms with Crippen molar-refractivity contribution in [3.05, 3.63) is 6.42 Å². The lowest BCUT2D eigenvalue weighted by Gasteiger charge is -2.43. The molecule has 0 N–H and O–H groups in total. The molecule has 2 rings (SSSR count). The van der Waals surface area contributed by atoms with Gasteiger partial charge in [0.2, 0.25) is 0 Å². The summed E-state index contributed by atoms with van der Waals surface area (Å²) < 4.78 is 0. The average molecular weight is 138 g/mol. The van der Waals surface area contributed by atoms with Gasteiger partial charge >= 0.3 is 0 Å². The van der Waals surface area contributed by atoms with Gasteiger partial charge in [0.25, 0.3) is 0 Å². The molecule has 0 spiro atoms. The Morgan fingerprint density at radius 2 is 1.90 bits per heavy atom. The Morgan fingerprint density at radius 3 is 2.20 bits per heavy atom. The fourth-order valence-electron chi connectivity index (χ4n) is 1.74. The van der Waals surface area contributed by atoms with Crippen molar-refractivity contribution in [1.29, 1.82) is 0 Å². The second-order valence-corrected chi connectivity index (χ2v) is 3.66. The minimum atomic E-state index is 0.908. The highest BCUT2D eigenvalue weighted by molar-refractivity contribution is 4.95. The number of rotatable bonds is 2. The first-order chi connectivity index (χ1) is 4.88. The van der Waals surface area contributed by atoms with Crippen molar-refractivity contribution in [3.8, 4) is 0 Å². The van der Waals surface area contributed by atoms with Crippen LogP contribution in [-0.2, 0) is 0 Å². The zero-order valence-electron chi connectivity index (χ0n) is 6.71. The molecule has 1 nitrogen and oxygen atoms in total. The van der Waals surface area contributed by atoms with Gasteiger partial charge in [-0.2, -0.15) is 0 Å². The molecule has 0 unspecified atom stereocenters. The average Bonchev–Trinajstić information content (AvgIpc) is 1.52. The quantitative estimate of drug-likeness (QED) is 0.562. The van der Waals surface area contributed by atoms with Gasteiger partial charge in [-0.05, 0) is 39.2 Å². The van der Waals surface area contributed by atoms with Gasteiger partial charge in [0, 0.05) is 12.1 Å². The van der Waals surface area contributed by atoms with E-state index in [1.54, 1.807) is 0 Å². The Morgan fingerprint density at radius 1 is 1.20 bits per heavy atom. The molecule has 57 valence electrons. The van der Waals surface area contributed by atoms with Crippen molar-refractivity contribution in [3.63, 3.8) is 0 Å². The SMILES string of the molecule is CN(C1C[CH]C1)C1CCC1. The van der Waals surface area contributed by atoms with E-state index in [1.807, 2.05) is 0 Å². The predicted octanol–water partition coefficient (Wildman–Crippen LogP) is 1.84. The summed E-state index contributed by atoms with van der Waals surface area (Å²) in [4.78, 5) is 2.59. The largest absolute Gasteiger partial charge is 0.300 e. The fraction of sp³-hybridized carbons (Fsp3) is 0.889. The van der Waals surface area contributed by atoms with E-state index in [0.717, 1.165) is 12.1 Å². The monoisotopic (exact) mass is 138 g/mol. The summed E-state index contributed by atoms with van der Waals surface area (Å²) in [6.07, 6.45) is 9.44. The second-order valence-electron chi connectivity index (χ2n) is 3.66. The maximum atomic E-state index is 2.59. The second kappa shape index (κ2) is 2.54. The lowest BCUT2D eigenvalue weighted by Crippen LogP contribution is -2.47. The smallest absolute Gasteiger partial charge is 0.0101 e. The first kappa shape index (κ1) is 6.66. The van der Waals surface area contributed by atoms with Crippen LogP contribution >= 0.6 is 0 Å². The predicted molar refractivity (Wildman–Crippen MR) is 42.7 cm³/mol. The Labute approximate surface area is 63.4 Å². The van der Waals surface area contributed by atoms with Crippen molar-refractivity contribution < 1.29 is 0 Å². The van der Waals surface area contributed by atoms with E-state index in [4.69, 9.17) is 0 Å². The summed E-state index contributed by atoms with van der Waals surface area (Å²) in [6.45, 7) is 0. The molecule has 0 amide bonds. The fourth-order valence-corrected chi connectivity index (χ4v) is 1.74. The van der Waals surface area contributed by atoms with Gasteiger partial charge in [-0.25, -0.2) is 0 Å². The van der Waals surface area contributed by atoms with Crippen molar-refractivity contribution in [2.45, 2.75) is 44.2 Å². The maximum Gasteiger partial charge on any atom is 0.0101 e. The molecule has 0 aromatic heterocycles. The van der Waals surface area contributed by atoms with Crippen LogP contribution in [0.2, 0.25) is 0 Å². The van der Waals surface area contributed by atoms with Crippen LogP contribution in [0.25, 0.3) is 0 Å². The summed E-state index contributed by atoms with van der Waals surface area (Å²) in [5.74, 6) is 0. The third kappa shape index (κ3) is 0.968. The van der Waals surface area contributed by atoms with Crippen LogP contribution in [0.5, 0.6) is 0 Å². The van der Waals surface area contributed by atoms with E-state index in [0.29, 0.717) is 0 Å². The highest BCUT2D eigenvalue weighted by Crippen LogP contribution is 2.31. The molecule has 0 aliphatic heterocycles. The highest BCUT2D eigenvalue weighted by atomic mass is 15.2. The van der Waals surface area contributed by atoms with Crippen LogP contribution in [0.4, 0.5) is 0 Å². The third-order valence-corrected chi connectivity index (χ3v) is 3.10. The van der Waals surface area contributed by atoms with Crippen LogP contribution in [0.3, 0.4) is 0 Å². The van der Waals surface area contributed by atoms with Gasteiger partial charge in [-0.3, -0.25) is 0 Å². The van der Waals surface area contributed by atoms with Crippen molar-refractivity contribution in [2.75, 3.05) is 7.05 Å². The molecule has 0 saturated heterocycles. The molecule has 2 saturated carbocycles. The molecule has 2 aliphatic rings. The normalized spacial score (nSPS) is 28.2. The Bertz CT molecular complexity index is 99.9. The molecule has 1 radical (unpaired) electrons. The zero-order chi connectivity index (χ0) is 6.97. The van der Waals surface area contributed by atoms with Crippen LogP contribution in [0, 0.1) is 6.42 Å². The summed E-state index contributed by atoms with van der Waals surface area (Å²) in [5.41, 5.74) is 0. The standard InChI is InChI=1S/C9H16N/c1-10(8-4-2-5-8)9-6-3-7-9/h2,8-9H,3-7H2,1H3. The first-order valence-electron chi connectivity index (χ1n) is 4.41. The Balaban J connectivity index is 1.79. The Kier molecular flexibility index (Phi) is 1.69. The molecule has 0 heterocycles. The van der Waals surface area contributed by atoms with E-state index < -0.39 is 0 Å². The molecule has 0 bridgehead atoms. The zero-order valence-corrected chi connectivity index (χ0v) is 6.71. The number of hydrogen-bond donors (Lipinski definition) is 0. The van der Waals surface area contributed by atoms with Crippen LogP contribution in [-0.4, -0.2) is 24.0 Å². The summed E-state index contributed by atoms with van der Waals surface area (Å²) >= 11 is 0. The van der Waals surface area contributed by atoms with E-state index >= 15 is 0 Å². The van der Waals surface area contributed by atoms with E-state index in [9.17, 15) is 0 Å². The third-order valence-electron chi connectivity index (χ3n) is 3.10. The van der Waals surface area contributed by atoms with Gasteiger partial charge in [-0.15, -0.1) is 0 Å². The molecule has 0 aromatic rings. The van der Waals surface area contributed by atoms with Gasteiger partial charge in [-0.1, -0.05) is 6.42 Å². The van der Waals surface area contributed by atoms with Gasteiger partial charge in [0.1, 0.15) is 0 Å². The Hall–Kier alpha value is -0.0400. The van der Waals surface area contributed by atoms with E-state index in [1.165, 1.54) is 32.1 Å². The van der Waals surface area contributed by atoms with Crippen molar-refractivity contribution >= 4 is 0 Å². The van der Waals surface area contributed by atoms with Gasteiger partial charge in [0.15, 0.2) is 0 Å². The highest BCUT2D eigenvalue weighted by Gasteiger charge is 2.30. The lowest BCUT2D eigenvalue weighted by molar-refractivity contribution is 0.0875. The van der Waals surface area contributed by atoms with E-state index in [-0.39, 0.29) is 0 Å². The van der Waals surface area contributed by atoms with Gasteiger partial charge < -0.3 is 4.90 Å². The summed E-state index contributed by atoms with van der Waals surface area (Å²) in [5, 5.41) is 0. The summed E-state index contributed by atoms with van der Waals surface area (Å²) in [7, 11) is 2.29. The number of hydrogen-bond acceptors (Lipinski definition) is 1. The molecule has 2 fully saturated rings. The number of nitrogens with zero attached hydrogens (tertiary/aromatic N) is 1. The molecule has 2 aliphatic carbocycles. The van der Waals surface area contributed by atoms with Crippen molar-refractivity contribution in [1.82, 2.24) is 4.90 Å². The molecule has 10 heavy (non-hydrogen) atoms. The topological polar surface area (TPSA) is 3.24 Å². The van der Waals surface area contributed by atoms with Crippen LogP contribution < -0.4 is 0 Å². The van der Waals surface area contributed by atoms with Crippen LogP contribution in [0.1, 0.15) is 32.1 Å². The van der Waals surface area contributed by atoms with Crippen molar-refractivity contribution in [2.24, 2.45) is 0 Å². The van der Waals surface area contributed by atoms with Crippen LogP contribution in [0.15, 0.2) is 0 Å². The molecular formula is C9H16N. The molecule has 0 aromatic carbocycles. The minimum absolute atomic E-state index is 0.908. The summed E-state index contributed by atoms with van der Waals surface area (Å²) in [6, 6.07) is 1.85. The van der Waals surface area contributed by atoms with E-state index in [2.05, 4.69) is 18.4 Å². The molecule has 0 atom stereocenters.